The molecule has 2 aromatic carbocycles. The molecule has 2 amide bonds. The third kappa shape index (κ3) is 3.79. The van der Waals surface area contributed by atoms with Crippen molar-refractivity contribution >= 4 is 45.1 Å². The van der Waals surface area contributed by atoms with Crippen LogP contribution in [0.3, 0.4) is 0 Å². The molecule has 8 nitrogen and oxygen atoms in total. The molecule has 0 fully saturated rings. The topological polar surface area (TPSA) is 101 Å². The van der Waals surface area contributed by atoms with Crippen molar-refractivity contribution in [2.24, 2.45) is 0 Å². The molecule has 27 heavy (non-hydrogen) atoms. The predicted octanol–water partition coefficient (Wildman–Crippen LogP) is 1.86. The Hall–Kier alpha value is -2.91. The molecule has 1 aliphatic rings. The SMILES string of the molecule is CS(=O)(=O)N(CC(=O)ON1C(=O)c2ccccc2C1=O)c1cccc(Cl)c1. The Labute approximate surface area is 159 Å². The fraction of sp³-hybridized carbons (Fsp3) is 0.118. The number of hydroxylamine groups is 2. The van der Waals surface area contributed by atoms with E-state index in [0.29, 0.717) is 5.06 Å². The molecule has 0 saturated heterocycles. The molecule has 2 aromatic rings. The molecule has 1 aliphatic heterocycles. The van der Waals surface area contributed by atoms with E-state index in [1.807, 2.05) is 0 Å². The van der Waals surface area contributed by atoms with Crippen LogP contribution in [0, 0.1) is 0 Å². The van der Waals surface area contributed by atoms with Crippen molar-refractivity contribution in [2.45, 2.75) is 0 Å². The van der Waals surface area contributed by atoms with Crippen LogP contribution in [-0.4, -0.2) is 44.1 Å². The Morgan fingerprint density at radius 2 is 1.67 bits per heavy atom. The number of rotatable bonds is 5. The number of carbonyl (C=O) groups excluding carboxylic acids is 3. The normalized spacial score (nSPS) is 13.5. The first-order chi connectivity index (χ1) is 12.7. The van der Waals surface area contributed by atoms with Gasteiger partial charge in [-0.3, -0.25) is 13.9 Å². The third-order valence-corrected chi connectivity index (χ3v) is 5.09. The zero-order chi connectivity index (χ0) is 19.8. The number of imide groups is 1. The molecule has 0 radical (unpaired) electrons. The van der Waals surface area contributed by atoms with Crippen LogP contribution in [0.15, 0.2) is 48.5 Å². The van der Waals surface area contributed by atoms with Gasteiger partial charge in [-0.25, -0.2) is 13.2 Å². The summed E-state index contributed by atoms with van der Waals surface area (Å²) in [6, 6.07) is 11.9. The van der Waals surface area contributed by atoms with Gasteiger partial charge < -0.3 is 4.84 Å². The summed E-state index contributed by atoms with van der Waals surface area (Å²) in [5, 5.41) is 0.598. The Balaban J connectivity index is 1.80. The molecule has 0 bridgehead atoms. The van der Waals surface area contributed by atoms with E-state index >= 15 is 0 Å². The van der Waals surface area contributed by atoms with Gasteiger partial charge in [0.25, 0.3) is 11.8 Å². The molecule has 3 rings (SSSR count). The van der Waals surface area contributed by atoms with Gasteiger partial charge in [0, 0.05) is 5.02 Å². The average molecular weight is 409 g/mol. The Morgan fingerprint density at radius 3 is 2.19 bits per heavy atom. The second-order valence-electron chi connectivity index (χ2n) is 5.66. The summed E-state index contributed by atoms with van der Waals surface area (Å²) in [4.78, 5) is 41.5. The van der Waals surface area contributed by atoms with Gasteiger partial charge >= 0.3 is 5.97 Å². The lowest BCUT2D eigenvalue weighted by Gasteiger charge is -2.22. The minimum atomic E-state index is -3.86. The summed E-state index contributed by atoms with van der Waals surface area (Å²) in [6.07, 6.45) is 0.906. The van der Waals surface area contributed by atoms with Crippen LogP contribution in [0.4, 0.5) is 5.69 Å². The number of nitrogens with zero attached hydrogens (tertiary/aromatic N) is 2. The number of hydrogen-bond donors (Lipinski definition) is 0. The minimum Gasteiger partial charge on any atom is -0.328 e. The van der Waals surface area contributed by atoms with E-state index in [-0.39, 0.29) is 21.8 Å². The second-order valence-corrected chi connectivity index (χ2v) is 8.01. The van der Waals surface area contributed by atoms with Crippen molar-refractivity contribution in [3.63, 3.8) is 0 Å². The maximum absolute atomic E-state index is 12.2. The van der Waals surface area contributed by atoms with E-state index in [4.69, 9.17) is 16.4 Å². The Bertz CT molecular complexity index is 1020. The van der Waals surface area contributed by atoms with Crippen LogP contribution in [0.25, 0.3) is 0 Å². The van der Waals surface area contributed by atoms with E-state index in [0.717, 1.165) is 10.6 Å². The highest BCUT2D eigenvalue weighted by Gasteiger charge is 2.39. The van der Waals surface area contributed by atoms with Gasteiger partial charge in [-0.2, -0.15) is 0 Å². The van der Waals surface area contributed by atoms with Crippen LogP contribution in [0.5, 0.6) is 0 Å². The van der Waals surface area contributed by atoms with Gasteiger partial charge in [0.15, 0.2) is 0 Å². The maximum atomic E-state index is 12.2. The molecule has 0 aromatic heterocycles. The smallest absolute Gasteiger partial charge is 0.328 e. The molecule has 0 spiro atoms. The predicted molar refractivity (Wildman–Crippen MR) is 96.7 cm³/mol. The summed E-state index contributed by atoms with van der Waals surface area (Å²) >= 11 is 5.87. The van der Waals surface area contributed by atoms with E-state index in [9.17, 15) is 22.8 Å². The zero-order valence-corrected chi connectivity index (χ0v) is 15.5. The first-order valence-corrected chi connectivity index (χ1v) is 9.83. The molecule has 1 heterocycles. The quantitative estimate of drug-likeness (QED) is 0.700. The number of sulfonamides is 1. The number of anilines is 1. The Kier molecular flexibility index (Phi) is 4.90. The van der Waals surface area contributed by atoms with Gasteiger partial charge in [-0.15, -0.1) is 0 Å². The fourth-order valence-electron chi connectivity index (χ4n) is 2.53. The van der Waals surface area contributed by atoms with Crippen molar-refractivity contribution in [3.8, 4) is 0 Å². The average Bonchev–Trinajstić information content (AvgIpc) is 2.84. The van der Waals surface area contributed by atoms with Crippen molar-refractivity contribution in [2.75, 3.05) is 17.1 Å². The number of amides is 2. The first-order valence-electron chi connectivity index (χ1n) is 7.60. The van der Waals surface area contributed by atoms with Gasteiger partial charge in [0.1, 0.15) is 6.54 Å². The Morgan fingerprint density at radius 1 is 1.07 bits per heavy atom. The van der Waals surface area contributed by atoms with Gasteiger partial charge in [0.2, 0.25) is 10.0 Å². The summed E-state index contributed by atoms with van der Waals surface area (Å²) in [6.45, 7) is -0.743. The van der Waals surface area contributed by atoms with E-state index in [1.54, 1.807) is 18.2 Å². The summed E-state index contributed by atoms with van der Waals surface area (Å²) < 4.78 is 24.9. The fourth-order valence-corrected chi connectivity index (χ4v) is 3.55. The summed E-state index contributed by atoms with van der Waals surface area (Å²) in [7, 11) is -3.86. The number of fused-ring (bicyclic) bond motifs is 1. The maximum Gasteiger partial charge on any atom is 0.353 e. The standard InChI is InChI=1S/C17H13ClN2O6S/c1-27(24,25)19(12-6-4-5-11(18)9-12)10-15(21)26-20-16(22)13-7-2-3-8-14(13)17(20)23/h2-9H,10H2,1H3. The monoisotopic (exact) mass is 408 g/mol. The number of hydrogen-bond acceptors (Lipinski definition) is 6. The summed E-state index contributed by atoms with van der Waals surface area (Å²) in [5.41, 5.74) is 0.347. The summed E-state index contributed by atoms with van der Waals surface area (Å²) in [5.74, 6) is -2.69. The van der Waals surface area contributed by atoms with Crippen LogP contribution in [0.1, 0.15) is 20.7 Å². The number of benzene rings is 2. The van der Waals surface area contributed by atoms with Crippen molar-refractivity contribution in [3.05, 3.63) is 64.7 Å². The van der Waals surface area contributed by atoms with Crippen molar-refractivity contribution in [1.29, 1.82) is 0 Å². The molecular formula is C17H13ClN2O6S. The molecular weight excluding hydrogens is 396 g/mol. The molecule has 0 aliphatic carbocycles. The number of carbonyl (C=O) groups is 3. The van der Waals surface area contributed by atoms with Gasteiger partial charge in [-0.1, -0.05) is 34.9 Å². The highest BCUT2D eigenvalue weighted by atomic mass is 35.5. The molecule has 0 unspecified atom stereocenters. The van der Waals surface area contributed by atoms with Crippen LogP contribution < -0.4 is 4.31 Å². The molecule has 140 valence electrons. The highest BCUT2D eigenvalue weighted by Crippen LogP contribution is 2.24. The third-order valence-electron chi connectivity index (χ3n) is 3.72. The minimum absolute atomic E-state index is 0.102. The van der Waals surface area contributed by atoms with Crippen LogP contribution in [-0.2, 0) is 19.7 Å². The van der Waals surface area contributed by atoms with Crippen molar-refractivity contribution < 1.29 is 27.6 Å². The second kappa shape index (κ2) is 7.01. The first kappa shape index (κ1) is 18.9. The van der Waals surface area contributed by atoms with E-state index in [2.05, 4.69) is 0 Å². The largest absolute Gasteiger partial charge is 0.353 e. The molecule has 0 saturated carbocycles. The molecule has 0 N–H and O–H groups in total. The van der Waals surface area contributed by atoms with Gasteiger partial charge in [0.05, 0.1) is 23.1 Å². The van der Waals surface area contributed by atoms with Gasteiger partial charge in [-0.05, 0) is 30.3 Å². The molecule has 0 atom stereocenters. The van der Waals surface area contributed by atoms with Crippen LogP contribution >= 0.6 is 11.6 Å². The lowest BCUT2D eigenvalue weighted by molar-refractivity contribution is -0.166. The lowest BCUT2D eigenvalue weighted by Crippen LogP contribution is -2.40. The van der Waals surface area contributed by atoms with E-state index < -0.39 is 34.4 Å². The lowest BCUT2D eigenvalue weighted by atomic mass is 10.1. The molecule has 10 heteroatoms. The number of halogens is 1. The zero-order valence-electron chi connectivity index (χ0n) is 14.0. The van der Waals surface area contributed by atoms with Crippen LogP contribution in [0.2, 0.25) is 5.02 Å². The van der Waals surface area contributed by atoms with E-state index in [1.165, 1.54) is 30.3 Å². The van der Waals surface area contributed by atoms with Crippen molar-refractivity contribution in [1.82, 2.24) is 5.06 Å². The highest BCUT2D eigenvalue weighted by molar-refractivity contribution is 7.92.